The quantitative estimate of drug-likeness (QED) is 0.823. The Hall–Kier alpha value is -0.850. The molecule has 138 valence electrons. The van der Waals surface area contributed by atoms with Gasteiger partial charge in [0, 0.05) is 25.2 Å². The summed E-state index contributed by atoms with van der Waals surface area (Å²) in [6, 6.07) is 7.14. The Balaban J connectivity index is 0.00000264. The number of nitrogens with one attached hydrogen (secondary N) is 1. The van der Waals surface area contributed by atoms with Crippen molar-refractivity contribution in [1.29, 1.82) is 0 Å². The molecule has 0 radical (unpaired) electrons. The fraction of sp³-hybridized carbons (Fsp3) is 0.588. The Labute approximate surface area is 157 Å². The van der Waals surface area contributed by atoms with Gasteiger partial charge in [0.05, 0.1) is 13.2 Å². The van der Waals surface area contributed by atoms with E-state index in [0.717, 1.165) is 37.4 Å². The summed E-state index contributed by atoms with van der Waals surface area (Å²) in [6.45, 7) is 10.2. The highest BCUT2D eigenvalue weighted by atomic mass is 35.5. The maximum atomic E-state index is 12.3. The van der Waals surface area contributed by atoms with Gasteiger partial charge in [0.15, 0.2) is 0 Å². The zero-order chi connectivity index (χ0) is 16.2. The van der Waals surface area contributed by atoms with Gasteiger partial charge in [0.2, 0.25) is 5.91 Å². The molecule has 0 bridgehead atoms. The highest BCUT2D eigenvalue weighted by Crippen LogP contribution is 2.16. The van der Waals surface area contributed by atoms with Crippen molar-refractivity contribution < 1.29 is 9.53 Å². The molecule has 7 heteroatoms. The van der Waals surface area contributed by atoms with Gasteiger partial charge in [-0.1, -0.05) is 29.8 Å². The van der Waals surface area contributed by atoms with E-state index in [9.17, 15) is 4.79 Å². The number of morpholine rings is 1. The molecule has 5 nitrogen and oxygen atoms in total. The standard InChI is InChI=1S/C17H27N3O2.2ClH/c1-13-4-6-14(7-5-13)15(18)16(21)19-12-17(2,3)20-8-10-22-11-9-20;;/h4-7,15H,8-12,18H2,1-3H3,(H,19,21);2*1H. The molecule has 0 aliphatic carbocycles. The summed E-state index contributed by atoms with van der Waals surface area (Å²) < 4.78 is 5.38. The molecule has 1 aliphatic heterocycles. The first-order valence-electron chi connectivity index (χ1n) is 7.83. The van der Waals surface area contributed by atoms with Gasteiger partial charge in [-0.3, -0.25) is 9.69 Å². The lowest BCUT2D eigenvalue weighted by molar-refractivity contribution is -0.123. The number of hydrogen-bond donors (Lipinski definition) is 2. The summed E-state index contributed by atoms with van der Waals surface area (Å²) >= 11 is 0. The predicted molar refractivity (Wildman–Crippen MR) is 102 cm³/mol. The largest absolute Gasteiger partial charge is 0.379 e. The van der Waals surface area contributed by atoms with Crippen LogP contribution in [-0.2, 0) is 9.53 Å². The minimum atomic E-state index is -0.624. The first-order valence-corrected chi connectivity index (χ1v) is 7.83. The van der Waals surface area contributed by atoms with Crippen LogP contribution < -0.4 is 11.1 Å². The summed E-state index contributed by atoms with van der Waals surface area (Å²) in [4.78, 5) is 14.6. The van der Waals surface area contributed by atoms with E-state index in [1.807, 2.05) is 31.2 Å². The highest BCUT2D eigenvalue weighted by Gasteiger charge is 2.29. The van der Waals surface area contributed by atoms with Crippen LogP contribution in [0.4, 0.5) is 0 Å². The van der Waals surface area contributed by atoms with E-state index in [-0.39, 0.29) is 36.3 Å². The lowest BCUT2D eigenvalue weighted by atomic mass is 10.0. The smallest absolute Gasteiger partial charge is 0.241 e. The molecule has 3 N–H and O–H groups in total. The fourth-order valence-corrected chi connectivity index (χ4v) is 2.62. The average Bonchev–Trinajstić information content (AvgIpc) is 2.53. The van der Waals surface area contributed by atoms with Crippen molar-refractivity contribution in [3.8, 4) is 0 Å². The van der Waals surface area contributed by atoms with Crippen LogP contribution in [0.1, 0.15) is 31.0 Å². The van der Waals surface area contributed by atoms with Gasteiger partial charge >= 0.3 is 0 Å². The Morgan fingerprint density at radius 1 is 1.25 bits per heavy atom. The van der Waals surface area contributed by atoms with Gasteiger partial charge < -0.3 is 15.8 Å². The second-order valence-corrected chi connectivity index (χ2v) is 6.52. The first kappa shape index (κ1) is 23.1. The molecule has 1 atom stereocenters. The topological polar surface area (TPSA) is 67.6 Å². The molecule has 24 heavy (non-hydrogen) atoms. The van der Waals surface area contributed by atoms with Crippen molar-refractivity contribution in [1.82, 2.24) is 10.2 Å². The van der Waals surface area contributed by atoms with Crippen LogP contribution in [0.3, 0.4) is 0 Å². The van der Waals surface area contributed by atoms with Crippen molar-refractivity contribution in [3.05, 3.63) is 35.4 Å². The molecule has 0 spiro atoms. The number of carbonyl (C=O) groups is 1. The van der Waals surface area contributed by atoms with Crippen molar-refractivity contribution in [2.75, 3.05) is 32.8 Å². The molecule has 1 unspecified atom stereocenters. The van der Waals surface area contributed by atoms with Gasteiger partial charge in [-0.15, -0.1) is 24.8 Å². The number of rotatable bonds is 5. The molecule has 1 aromatic rings. The average molecular weight is 378 g/mol. The van der Waals surface area contributed by atoms with Gasteiger partial charge in [0.25, 0.3) is 0 Å². The Bertz CT molecular complexity index is 503. The molecule has 0 aromatic heterocycles. The number of benzene rings is 1. The van der Waals surface area contributed by atoms with Crippen LogP contribution in [0, 0.1) is 6.92 Å². The van der Waals surface area contributed by atoms with Crippen LogP contribution in [0.2, 0.25) is 0 Å². The van der Waals surface area contributed by atoms with Crippen LogP contribution in [0.15, 0.2) is 24.3 Å². The maximum absolute atomic E-state index is 12.3. The molecule has 1 aromatic carbocycles. The van der Waals surface area contributed by atoms with Crippen LogP contribution in [0.25, 0.3) is 0 Å². The molecule has 1 amide bonds. The summed E-state index contributed by atoms with van der Waals surface area (Å²) in [6.07, 6.45) is 0. The first-order chi connectivity index (χ1) is 10.4. The maximum Gasteiger partial charge on any atom is 0.241 e. The number of halogens is 2. The minimum Gasteiger partial charge on any atom is -0.379 e. The fourth-order valence-electron chi connectivity index (χ4n) is 2.62. The molecule has 1 fully saturated rings. The van der Waals surface area contributed by atoms with Gasteiger partial charge in [-0.05, 0) is 26.3 Å². The zero-order valence-electron chi connectivity index (χ0n) is 14.6. The van der Waals surface area contributed by atoms with E-state index in [2.05, 4.69) is 24.1 Å². The Morgan fingerprint density at radius 2 is 1.79 bits per heavy atom. The van der Waals surface area contributed by atoms with E-state index >= 15 is 0 Å². The molecule has 2 rings (SSSR count). The van der Waals surface area contributed by atoms with E-state index in [1.165, 1.54) is 0 Å². The number of carbonyl (C=O) groups excluding carboxylic acids is 1. The molecule has 1 heterocycles. The molecule has 1 saturated heterocycles. The Morgan fingerprint density at radius 3 is 2.33 bits per heavy atom. The predicted octanol–water partition coefficient (Wildman–Crippen LogP) is 2.07. The normalized spacial score (nSPS) is 16.5. The van der Waals surface area contributed by atoms with E-state index in [4.69, 9.17) is 10.5 Å². The SMILES string of the molecule is Cc1ccc(C(N)C(=O)NCC(C)(C)N2CCOCC2)cc1.Cl.Cl. The molecule has 0 saturated carbocycles. The highest BCUT2D eigenvalue weighted by molar-refractivity contribution is 5.85. The summed E-state index contributed by atoms with van der Waals surface area (Å²) in [7, 11) is 0. The number of aryl methyl sites for hydroxylation is 1. The van der Waals surface area contributed by atoms with Crippen molar-refractivity contribution in [2.45, 2.75) is 32.4 Å². The molecule has 1 aliphatic rings. The number of nitrogens with two attached hydrogens (primary N) is 1. The summed E-state index contributed by atoms with van der Waals surface area (Å²) in [5.74, 6) is -0.134. The lowest BCUT2D eigenvalue weighted by Crippen LogP contribution is -2.56. The number of ether oxygens (including phenoxy) is 1. The Kier molecular flexibility index (Phi) is 9.85. The van der Waals surface area contributed by atoms with Crippen molar-refractivity contribution >= 4 is 30.7 Å². The third-order valence-electron chi connectivity index (χ3n) is 4.28. The van der Waals surface area contributed by atoms with Gasteiger partial charge in [-0.2, -0.15) is 0 Å². The molecular weight excluding hydrogens is 349 g/mol. The second-order valence-electron chi connectivity index (χ2n) is 6.52. The third-order valence-corrected chi connectivity index (χ3v) is 4.28. The zero-order valence-corrected chi connectivity index (χ0v) is 16.2. The van der Waals surface area contributed by atoms with E-state index < -0.39 is 6.04 Å². The lowest BCUT2D eigenvalue weighted by Gasteiger charge is -2.41. The van der Waals surface area contributed by atoms with Crippen molar-refractivity contribution in [3.63, 3.8) is 0 Å². The number of amides is 1. The van der Waals surface area contributed by atoms with Crippen LogP contribution >= 0.6 is 24.8 Å². The van der Waals surface area contributed by atoms with Gasteiger partial charge in [-0.25, -0.2) is 0 Å². The van der Waals surface area contributed by atoms with E-state index in [1.54, 1.807) is 0 Å². The van der Waals surface area contributed by atoms with Crippen LogP contribution in [0.5, 0.6) is 0 Å². The molecular formula is C17H29Cl2N3O2. The van der Waals surface area contributed by atoms with Crippen molar-refractivity contribution in [2.24, 2.45) is 5.73 Å². The second kappa shape index (κ2) is 10.2. The minimum absolute atomic E-state index is 0. The van der Waals surface area contributed by atoms with E-state index in [0.29, 0.717) is 6.54 Å². The number of nitrogens with zero attached hydrogens (tertiary/aromatic N) is 1. The van der Waals surface area contributed by atoms with Gasteiger partial charge in [0.1, 0.15) is 6.04 Å². The summed E-state index contributed by atoms with van der Waals surface area (Å²) in [5, 5.41) is 2.99. The summed E-state index contributed by atoms with van der Waals surface area (Å²) in [5.41, 5.74) is 7.94. The monoisotopic (exact) mass is 377 g/mol. The van der Waals surface area contributed by atoms with Crippen LogP contribution in [-0.4, -0.2) is 49.2 Å². The third kappa shape index (κ3) is 6.22. The number of hydrogen-bond acceptors (Lipinski definition) is 4.